The number of ether oxygens (including phenoxy) is 2. The maximum absolute atomic E-state index is 11.4. The summed E-state index contributed by atoms with van der Waals surface area (Å²) in [5.74, 6) is -0.765. The van der Waals surface area contributed by atoms with Crippen molar-refractivity contribution in [2.75, 3.05) is 7.11 Å². The molecule has 0 saturated carbocycles. The first kappa shape index (κ1) is 15.6. The highest BCUT2D eigenvalue weighted by Gasteiger charge is 2.17. The summed E-state index contributed by atoms with van der Waals surface area (Å²) in [5.41, 5.74) is 1.40. The molecule has 0 aromatic heterocycles. The maximum Gasteiger partial charge on any atom is 0.441 e. The van der Waals surface area contributed by atoms with Crippen LogP contribution in [0.2, 0.25) is 0 Å². The monoisotopic (exact) mass is 283 g/mol. The van der Waals surface area contributed by atoms with E-state index in [-0.39, 0.29) is 17.1 Å². The lowest BCUT2D eigenvalue weighted by Gasteiger charge is -2.19. The lowest BCUT2D eigenvalue weighted by Crippen LogP contribution is -2.34. The van der Waals surface area contributed by atoms with Crippen LogP contribution < -0.4 is 15.1 Å². The quantitative estimate of drug-likeness (QED) is 0.823. The number of hydrogen-bond donors (Lipinski definition) is 2. The van der Waals surface area contributed by atoms with Crippen LogP contribution >= 0.6 is 0 Å². The molecular formula is C13H17NO6. The Morgan fingerprint density at radius 1 is 1.20 bits per heavy atom. The van der Waals surface area contributed by atoms with Crippen molar-refractivity contribution in [3.63, 3.8) is 0 Å². The molecule has 1 aromatic carbocycles. The summed E-state index contributed by atoms with van der Waals surface area (Å²) >= 11 is 0. The van der Waals surface area contributed by atoms with Gasteiger partial charge in [-0.1, -0.05) is 0 Å². The van der Waals surface area contributed by atoms with Crippen molar-refractivity contribution in [2.24, 2.45) is 0 Å². The topological polar surface area (TPSA) is 94.1 Å². The van der Waals surface area contributed by atoms with Crippen LogP contribution in [-0.2, 0) is 4.74 Å². The average molecular weight is 283 g/mol. The average Bonchev–Trinajstić information content (AvgIpc) is 2.33. The highest BCUT2D eigenvalue weighted by Crippen LogP contribution is 2.27. The van der Waals surface area contributed by atoms with Crippen molar-refractivity contribution in [3.05, 3.63) is 23.8 Å². The van der Waals surface area contributed by atoms with E-state index in [1.54, 1.807) is 20.8 Å². The van der Waals surface area contributed by atoms with Crippen molar-refractivity contribution in [1.29, 1.82) is 0 Å². The molecule has 0 aliphatic rings. The summed E-state index contributed by atoms with van der Waals surface area (Å²) in [7, 11) is 1.40. The summed E-state index contributed by atoms with van der Waals surface area (Å²) in [6.07, 6.45) is -0.791. The summed E-state index contributed by atoms with van der Waals surface area (Å²) in [6, 6.07) is 4.02. The van der Waals surface area contributed by atoms with Crippen molar-refractivity contribution >= 4 is 12.1 Å². The van der Waals surface area contributed by atoms with Gasteiger partial charge in [0.2, 0.25) is 0 Å². The molecule has 0 heterocycles. The van der Waals surface area contributed by atoms with Crippen molar-refractivity contribution in [3.8, 4) is 11.5 Å². The summed E-state index contributed by atoms with van der Waals surface area (Å²) in [6.45, 7) is 5.12. The van der Waals surface area contributed by atoms with Crippen LogP contribution in [0.15, 0.2) is 18.2 Å². The van der Waals surface area contributed by atoms with Crippen LogP contribution in [0.1, 0.15) is 31.1 Å². The molecule has 0 atom stereocenters. The number of methoxy groups -OCH3 is 1. The minimum Gasteiger partial charge on any atom is -0.493 e. The van der Waals surface area contributed by atoms with E-state index in [0.29, 0.717) is 0 Å². The molecule has 1 amide bonds. The fourth-order valence-electron chi connectivity index (χ4n) is 1.29. The zero-order chi connectivity index (χ0) is 15.3. The standard InChI is InChI=1S/C13H17NO6/c1-13(2,3)19-12(17)14-20-10-7-8(11(15)16)5-6-9(10)18-4/h5-7H,1-4H3,(H,14,17)(H,15,16). The zero-order valence-electron chi connectivity index (χ0n) is 11.7. The van der Waals surface area contributed by atoms with Gasteiger partial charge in [-0.15, -0.1) is 0 Å². The number of hydroxylamine groups is 1. The molecule has 0 fully saturated rings. The fourth-order valence-corrected chi connectivity index (χ4v) is 1.29. The summed E-state index contributed by atoms with van der Waals surface area (Å²) < 4.78 is 9.98. The molecule has 0 aliphatic carbocycles. The number of carbonyl (C=O) groups excluding carboxylic acids is 1. The van der Waals surface area contributed by atoms with Gasteiger partial charge >= 0.3 is 12.1 Å². The molecule has 0 aliphatic heterocycles. The molecule has 110 valence electrons. The fraction of sp³-hybridized carbons (Fsp3) is 0.385. The van der Waals surface area contributed by atoms with Crippen LogP contribution in [0.4, 0.5) is 4.79 Å². The second kappa shape index (κ2) is 6.14. The van der Waals surface area contributed by atoms with Crippen LogP contribution in [0, 0.1) is 0 Å². The molecule has 0 saturated heterocycles. The molecule has 2 N–H and O–H groups in total. The van der Waals surface area contributed by atoms with E-state index < -0.39 is 17.7 Å². The Hall–Kier alpha value is -2.44. The highest BCUT2D eigenvalue weighted by molar-refractivity contribution is 5.88. The van der Waals surface area contributed by atoms with Gasteiger partial charge in [-0.2, -0.15) is 5.48 Å². The van der Waals surface area contributed by atoms with E-state index in [4.69, 9.17) is 19.4 Å². The lowest BCUT2D eigenvalue weighted by molar-refractivity contribution is 0.0283. The van der Waals surface area contributed by atoms with Crippen molar-refractivity contribution in [2.45, 2.75) is 26.4 Å². The number of nitrogens with one attached hydrogen (secondary N) is 1. The SMILES string of the molecule is COc1ccc(C(=O)O)cc1ONC(=O)OC(C)(C)C. The molecule has 1 rings (SSSR count). The lowest BCUT2D eigenvalue weighted by atomic mass is 10.2. The second-order valence-corrected chi connectivity index (χ2v) is 4.88. The first-order chi connectivity index (χ1) is 9.23. The first-order valence-corrected chi connectivity index (χ1v) is 5.80. The Balaban J connectivity index is 2.78. The number of benzene rings is 1. The number of carbonyl (C=O) groups is 2. The number of rotatable bonds is 4. The third kappa shape index (κ3) is 4.68. The van der Waals surface area contributed by atoms with Gasteiger partial charge in [0.25, 0.3) is 0 Å². The summed E-state index contributed by atoms with van der Waals surface area (Å²) in [4.78, 5) is 27.3. The number of carboxylic acids is 1. The van der Waals surface area contributed by atoms with Gasteiger partial charge in [-0.3, -0.25) is 0 Å². The van der Waals surface area contributed by atoms with Crippen LogP contribution in [0.5, 0.6) is 11.5 Å². The molecule has 7 heteroatoms. The summed E-state index contributed by atoms with van der Waals surface area (Å²) in [5, 5.41) is 8.89. The number of aromatic carboxylic acids is 1. The van der Waals surface area contributed by atoms with E-state index in [1.165, 1.54) is 25.3 Å². The Labute approximate surface area is 116 Å². The van der Waals surface area contributed by atoms with Gasteiger partial charge < -0.3 is 19.4 Å². The Bertz CT molecular complexity index is 506. The third-order valence-electron chi connectivity index (χ3n) is 2.05. The van der Waals surface area contributed by atoms with Crippen LogP contribution in [0.3, 0.4) is 0 Å². The molecule has 0 unspecified atom stereocenters. The predicted octanol–water partition coefficient (Wildman–Crippen LogP) is 2.21. The molecular weight excluding hydrogens is 266 g/mol. The molecule has 1 aromatic rings. The molecule has 0 bridgehead atoms. The number of hydrogen-bond acceptors (Lipinski definition) is 5. The maximum atomic E-state index is 11.4. The Morgan fingerprint density at radius 2 is 1.85 bits per heavy atom. The van der Waals surface area contributed by atoms with E-state index in [0.717, 1.165) is 0 Å². The second-order valence-electron chi connectivity index (χ2n) is 4.88. The zero-order valence-corrected chi connectivity index (χ0v) is 11.7. The molecule has 0 radical (unpaired) electrons. The smallest absolute Gasteiger partial charge is 0.441 e. The minimum atomic E-state index is -1.12. The molecule has 20 heavy (non-hydrogen) atoms. The Kier molecular flexibility index (Phi) is 4.79. The first-order valence-electron chi connectivity index (χ1n) is 5.80. The van der Waals surface area contributed by atoms with Gasteiger partial charge in [0.05, 0.1) is 12.7 Å². The normalized spacial score (nSPS) is 10.6. The Morgan fingerprint density at radius 3 is 2.35 bits per heavy atom. The van der Waals surface area contributed by atoms with Gasteiger partial charge in [0.1, 0.15) is 5.60 Å². The van der Waals surface area contributed by atoms with Crippen LogP contribution in [0.25, 0.3) is 0 Å². The molecule has 7 nitrogen and oxygen atoms in total. The van der Waals surface area contributed by atoms with Gasteiger partial charge in [-0.25, -0.2) is 9.59 Å². The highest BCUT2D eigenvalue weighted by atomic mass is 16.7. The largest absolute Gasteiger partial charge is 0.493 e. The van der Waals surface area contributed by atoms with Gasteiger partial charge in [-0.05, 0) is 32.9 Å². The number of carboxylic acid groups (broad SMARTS) is 1. The van der Waals surface area contributed by atoms with E-state index in [1.807, 2.05) is 0 Å². The minimum absolute atomic E-state index is 0.00629. The van der Waals surface area contributed by atoms with E-state index >= 15 is 0 Å². The van der Waals surface area contributed by atoms with Crippen molar-refractivity contribution < 1.29 is 29.0 Å². The number of amides is 1. The van der Waals surface area contributed by atoms with Crippen molar-refractivity contribution in [1.82, 2.24) is 5.48 Å². The van der Waals surface area contributed by atoms with E-state index in [9.17, 15) is 9.59 Å². The molecule has 0 spiro atoms. The predicted molar refractivity (Wildman–Crippen MR) is 70.0 cm³/mol. The van der Waals surface area contributed by atoms with Gasteiger partial charge in [0, 0.05) is 6.07 Å². The third-order valence-corrected chi connectivity index (χ3v) is 2.05. The van der Waals surface area contributed by atoms with E-state index in [2.05, 4.69) is 5.48 Å². The van der Waals surface area contributed by atoms with Crippen LogP contribution in [-0.4, -0.2) is 29.9 Å². The van der Waals surface area contributed by atoms with Gasteiger partial charge in [0.15, 0.2) is 11.5 Å².